The molecule has 0 bridgehead atoms. The van der Waals surface area contributed by atoms with Crippen LogP contribution in [0.3, 0.4) is 0 Å². The Balaban J connectivity index is 2.02. The van der Waals surface area contributed by atoms with Gasteiger partial charge in [-0.25, -0.2) is 0 Å². The van der Waals surface area contributed by atoms with E-state index in [9.17, 15) is 9.90 Å². The van der Waals surface area contributed by atoms with Crippen LogP contribution >= 0.6 is 0 Å². The number of carbonyl (C=O) groups excluding carboxylic acids is 1. The minimum Gasteiger partial charge on any atom is -0.508 e. The predicted molar refractivity (Wildman–Crippen MR) is 65.9 cm³/mol. The SMILES string of the molecule is CCN(C(=O)Cc1ccccc1O)C1CNC1. The Bertz CT molecular complexity index is 402. The molecule has 92 valence electrons. The highest BCUT2D eigenvalue weighted by Gasteiger charge is 2.27. The molecule has 0 radical (unpaired) electrons. The van der Waals surface area contributed by atoms with E-state index in [0.29, 0.717) is 11.6 Å². The Kier molecular flexibility index (Phi) is 3.64. The predicted octanol–water partition coefficient (Wildman–Crippen LogP) is 0.755. The molecule has 2 rings (SSSR count). The molecule has 0 atom stereocenters. The first kappa shape index (κ1) is 11.9. The van der Waals surface area contributed by atoms with Gasteiger partial charge in [-0.2, -0.15) is 0 Å². The van der Waals surface area contributed by atoms with E-state index in [1.807, 2.05) is 17.9 Å². The number of hydrogen-bond donors (Lipinski definition) is 2. The first-order valence-electron chi connectivity index (χ1n) is 5.99. The lowest BCUT2D eigenvalue weighted by Gasteiger charge is -2.37. The smallest absolute Gasteiger partial charge is 0.227 e. The molecule has 4 nitrogen and oxygen atoms in total. The second-order valence-corrected chi connectivity index (χ2v) is 4.30. The lowest BCUT2D eigenvalue weighted by molar-refractivity contribution is -0.133. The van der Waals surface area contributed by atoms with Crippen LogP contribution in [0.2, 0.25) is 0 Å². The minimum absolute atomic E-state index is 0.0838. The lowest BCUT2D eigenvalue weighted by atomic mass is 10.1. The van der Waals surface area contributed by atoms with E-state index in [4.69, 9.17) is 0 Å². The average Bonchev–Trinajstić information content (AvgIpc) is 2.26. The van der Waals surface area contributed by atoms with E-state index in [0.717, 1.165) is 19.6 Å². The summed E-state index contributed by atoms with van der Waals surface area (Å²) in [6, 6.07) is 7.32. The van der Waals surface area contributed by atoms with Crippen molar-refractivity contribution in [2.75, 3.05) is 19.6 Å². The molecule has 0 saturated carbocycles. The average molecular weight is 234 g/mol. The molecule has 1 saturated heterocycles. The van der Waals surface area contributed by atoms with E-state index in [1.165, 1.54) is 0 Å². The number of nitrogens with zero attached hydrogens (tertiary/aromatic N) is 1. The molecule has 0 aliphatic carbocycles. The standard InChI is InChI=1S/C13H18N2O2/c1-2-15(11-8-14-9-11)13(17)7-10-5-3-4-6-12(10)16/h3-6,11,14,16H,2,7-9H2,1H3. The molecule has 1 aliphatic heterocycles. The number of nitrogens with one attached hydrogen (secondary N) is 1. The summed E-state index contributed by atoms with van der Waals surface area (Å²) in [4.78, 5) is 14.0. The summed E-state index contributed by atoms with van der Waals surface area (Å²) in [5, 5.41) is 12.8. The number of phenols is 1. The quantitative estimate of drug-likeness (QED) is 0.808. The third kappa shape index (κ3) is 2.58. The summed E-state index contributed by atoms with van der Waals surface area (Å²) in [6.07, 6.45) is 0.275. The van der Waals surface area contributed by atoms with Crippen LogP contribution in [0.15, 0.2) is 24.3 Å². The first-order chi connectivity index (χ1) is 8.22. The molecule has 1 heterocycles. The maximum Gasteiger partial charge on any atom is 0.227 e. The topological polar surface area (TPSA) is 52.6 Å². The van der Waals surface area contributed by atoms with Gasteiger partial charge in [0.1, 0.15) is 5.75 Å². The fraction of sp³-hybridized carbons (Fsp3) is 0.462. The summed E-state index contributed by atoms with van der Waals surface area (Å²) >= 11 is 0. The van der Waals surface area contributed by atoms with E-state index in [-0.39, 0.29) is 18.1 Å². The molecule has 2 N–H and O–H groups in total. The third-order valence-corrected chi connectivity index (χ3v) is 3.20. The lowest BCUT2D eigenvalue weighted by Crippen LogP contribution is -2.59. The van der Waals surface area contributed by atoms with Gasteiger partial charge in [-0.05, 0) is 13.0 Å². The summed E-state index contributed by atoms with van der Waals surface area (Å²) in [5.74, 6) is 0.282. The molecule has 0 aromatic heterocycles. The zero-order valence-electron chi connectivity index (χ0n) is 10.0. The number of benzene rings is 1. The van der Waals surface area contributed by atoms with Crippen LogP contribution in [-0.2, 0) is 11.2 Å². The van der Waals surface area contributed by atoms with Gasteiger partial charge < -0.3 is 15.3 Å². The van der Waals surface area contributed by atoms with Crippen molar-refractivity contribution in [1.29, 1.82) is 0 Å². The maximum absolute atomic E-state index is 12.1. The number of amides is 1. The van der Waals surface area contributed by atoms with Crippen molar-refractivity contribution in [2.24, 2.45) is 0 Å². The van der Waals surface area contributed by atoms with Crippen LogP contribution in [0.25, 0.3) is 0 Å². The van der Waals surface area contributed by atoms with Crippen molar-refractivity contribution in [2.45, 2.75) is 19.4 Å². The second-order valence-electron chi connectivity index (χ2n) is 4.30. The molecule has 1 aliphatic rings. The Morgan fingerprint density at radius 2 is 2.18 bits per heavy atom. The Morgan fingerprint density at radius 1 is 1.47 bits per heavy atom. The zero-order chi connectivity index (χ0) is 12.3. The Labute approximate surface area is 101 Å². The molecule has 17 heavy (non-hydrogen) atoms. The van der Waals surface area contributed by atoms with Gasteiger partial charge >= 0.3 is 0 Å². The van der Waals surface area contributed by atoms with E-state index >= 15 is 0 Å². The molecule has 0 spiro atoms. The number of para-hydroxylation sites is 1. The van der Waals surface area contributed by atoms with Crippen molar-refractivity contribution in [3.8, 4) is 5.75 Å². The van der Waals surface area contributed by atoms with Gasteiger partial charge in [-0.15, -0.1) is 0 Å². The molecule has 1 amide bonds. The first-order valence-corrected chi connectivity index (χ1v) is 5.99. The Hall–Kier alpha value is -1.55. The number of aromatic hydroxyl groups is 1. The number of rotatable bonds is 4. The second kappa shape index (κ2) is 5.19. The molecule has 1 aromatic rings. The molecule has 4 heteroatoms. The monoisotopic (exact) mass is 234 g/mol. The highest BCUT2D eigenvalue weighted by molar-refractivity contribution is 5.80. The number of phenolic OH excluding ortho intramolecular Hbond substituents is 1. The van der Waals surface area contributed by atoms with Crippen LogP contribution in [0.5, 0.6) is 5.75 Å². The molecular weight excluding hydrogens is 216 g/mol. The highest BCUT2D eigenvalue weighted by atomic mass is 16.3. The summed E-state index contributed by atoms with van der Waals surface area (Å²) in [7, 11) is 0. The zero-order valence-corrected chi connectivity index (χ0v) is 10.0. The number of carbonyl (C=O) groups is 1. The van der Waals surface area contributed by atoms with Gasteiger partial charge in [0.25, 0.3) is 0 Å². The molecule has 1 aromatic carbocycles. The maximum atomic E-state index is 12.1. The van der Waals surface area contributed by atoms with Gasteiger partial charge in [-0.1, -0.05) is 18.2 Å². The number of likely N-dealkylation sites (N-methyl/N-ethyl adjacent to an activating group) is 1. The van der Waals surface area contributed by atoms with Crippen molar-refractivity contribution in [3.63, 3.8) is 0 Å². The van der Waals surface area contributed by atoms with Crippen molar-refractivity contribution in [3.05, 3.63) is 29.8 Å². The summed E-state index contributed by atoms with van der Waals surface area (Å²) < 4.78 is 0. The Morgan fingerprint density at radius 3 is 2.71 bits per heavy atom. The largest absolute Gasteiger partial charge is 0.508 e. The van der Waals surface area contributed by atoms with Crippen LogP contribution < -0.4 is 5.32 Å². The van der Waals surface area contributed by atoms with Crippen LogP contribution in [0, 0.1) is 0 Å². The molecular formula is C13H18N2O2. The number of hydrogen-bond acceptors (Lipinski definition) is 3. The van der Waals surface area contributed by atoms with Crippen LogP contribution in [0.1, 0.15) is 12.5 Å². The van der Waals surface area contributed by atoms with Gasteiger partial charge in [0.05, 0.1) is 12.5 Å². The molecule has 0 unspecified atom stereocenters. The fourth-order valence-corrected chi connectivity index (χ4v) is 2.06. The van der Waals surface area contributed by atoms with E-state index < -0.39 is 0 Å². The van der Waals surface area contributed by atoms with Crippen LogP contribution in [-0.4, -0.2) is 41.6 Å². The van der Waals surface area contributed by atoms with Gasteiger partial charge in [0, 0.05) is 25.2 Å². The molecule has 1 fully saturated rings. The summed E-state index contributed by atoms with van der Waals surface area (Å²) in [6.45, 7) is 4.46. The van der Waals surface area contributed by atoms with Gasteiger partial charge in [0.2, 0.25) is 5.91 Å². The van der Waals surface area contributed by atoms with Gasteiger partial charge in [-0.3, -0.25) is 4.79 Å². The summed E-state index contributed by atoms with van der Waals surface area (Å²) in [5.41, 5.74) is 0.697. The van der Waals surface area contributed by atoms with E-state index in [1.54, 1.807) is 18.2 Å². The van der Waals surface area contributed by atoms with E-state index in [2.05, 4.69) is 5.32 Å². The van der Waals surface area contributed by atoms with Crippen molar-refractivity contribution in [1.82, 2.24) is 10.2 Å². The normalized spacial score (nSPS) is 15.4. The third-order valence-electron chi connectivity index (χ3n) is 3.20. The fourth-order valence-electron chi connectivity index (χ4n) is 2.06. The van der Waals surface area contributed by atoms with Crippen molar-refractivity contribution >= 4 is 5.91 Å². The highest BCUT2D eigenvalue weighted by Crippen LogP contribution is 2.18. The van der Waals surface area contributed by atoms with Crippen LogP contribution in [0.4, 0.5) is 0 Å². The minimum atomic E-state index is 0.0838. The van der Waals surface area contributed by atoms with Crippen molar-refractivity contribution < 1.29 is 9.90 Å². The van der Waals surface area contributed by atoms with Gasteiger partial charge in [0.15, 0.2) is 0 Å².